The van der Waals surface area contributed by atoms with E-state index in [9.17, 15) is 14.4 Å². The molecule has 0 spiro atoms. The molecule has 2 heterocycles. The van der Waals surface area contributed by atoms with E-state index in [0.29, 0.717) is 38.3 Å². The fraction of sp³-hybridized carbons (Fsp3) is 0.550. The van der Waals surface area contributed by atoms with Gasteiger partial charge in [-0.15, -0.1) is 0 Å². The molecule has 0 saturated carbocycles. The topological polar surface area (TPSA) is 104 Å². The molecule has 8 heteroatoms. The van der Waals surface area contributed by atoms with Gasteiger partial charge in [0, 0.05) is 25.5 Å². The molecule has 3 unspecified atom stereocenters. The molecule has 150 valence electrons. The van der Waals surface area contributed by atoms with Crippen molar-refractivity contribution in [2.75, 3.05) is 18.4 Å². The molecule has 0 radical (unpaired) electrons. The van der Waals surface area contributed by atoms with Crippen molar-refractivity contribution in [3.63, 3.8) is 0 Å². The highest BCUT2D eigenvalue weighted by molar-refractivity contribution is 6.08. The average Bonchev–Trinajstić information content (AvgIpc) is 2.95. The zero-order chi connectivity index (χ0) is 20.1. The fourth-order valence-electron chi connectivity index (χ4n) is 3.78. The number of carbonyl (C=O) groups excluding carboxylic acids is 3. The van der Waals surface area contributed by atoms with Crippen LogP contribution in [0.2, 0.25) is 0 Å². The molecule has 1 fully saturated rings. The van der Waals surface area contributed by atoms with Crippen molar-refractivity contribution in [2.45, 2.75) is 39.2 Å². The summed E-state index contributed by atoms with van der Waals surface area (Å²) in [7, 11) is 0. The zero-order valence-corrected chi connectivity index (χ0v) is 16.3. The Morgan fingerprint density at radius 2 is 1.71 bits per heavy atom. The van der Waals surface area contributed by atoms with Gasteiger partial charge >= 0.3 is 0 Å². The molecular weight excluding hydrogens is 358 g/mol. The first-order valence-electron chi connectivity index (χ1n) is 9.79. The van der Waals surface area contributed by atoms with Crippen LogP contribution >= 0.6 is 0 Å². The molecule has 1 aliphatic carbocycles. The number of fused-ring (bicyclic) bond motifs is 1. The van der Waals surface area contributed by atoms with Crippen LogP contribution in [-0.4, -0.2) is 51.7 Å². The van der Waals surface area contributed by atoms with Crippen molar-refractivity contribution in [2.24, 2.45) is 17.8 Å². The lowest BCUT2D eigenvalue weighted by Crippen LogP contribution is -2.51. The highest BCUT2D eigenvalue weighted by Crippen LogP contribution is 2.37. The van der Waals surface area contributed by atoms with Crippen molar-refractivity contribution >= 4 is 23.7 Å². The summed E-state index contributed by atoms with van der Waals surface area (Å²) in [5.41, 5.74) is 0. The molecule has 2 N–H and O–H groups in total. The average molecular weight is 385 g/mol. The van der Waals surface area contributed by atoms with E-state index < -0.39 is 6.04 Å². The maximum absolute atomic E-state index is 12.9. The van der Waals surface area contributed by atoms with Gasteiger partial charge in [-0.05, 0) is 31.2 Å². The molecule has 0 aromatic carbocycles. The van der Waals surface area contributed by atoms with Gasteiger partial charge in [0.1, 0.15) is 6.04 Å². The lowest BCUT2D eigenvalue weighted by molar-refractivity contribution is -0.148. The number of nitrogens with zero attached hydrogens (tertiary/aromatic N) is 3. The Kier molecular flexibility index (Phi) is 6.38. The third-order valence-corrected chi connectivity index (χ3v) is 5.12. The largest absolute Gasteiger partial charge is 0.353 e. The van der Waals surface area contributed by atoms with Gasteiger partial charge in [0.05, 0.1) is 11.8 Å². The SMILES string of the molecule is CC(C)CC(C(=O)NCCNc1ncccn1)N1C(=O)C2CC=CCC2C1=O. The third-order valence-electron chi connectivity index (χ3n) is 5.12. The minimum atomic E-state index is -0.765. The van der Waals surface area contributed by atoms with E-state index in [1.54, 1.807) is 18.5 Å². The highest BCUT2D eigenvalue weighted by atomic mass is 16.2. The van der Waals surface area contributed by atoms with Gasteiger partial charge in [0.15, 0.2) is 0 Å². The number of amides is 3. The van der Waals surface area contributed by atoms with Crippen molar-refractivity contribution in [3.05, 3.63) is 30.6 Å². The molecule has 3 rings (SSSR count). The Bertz CT molecular complexity index is 723. The zero-order valence-electron chi connectivity index (χ0n) is 16.3. The quantitative estimate of drug-likeness (QED) is 0.398. The van der Waals surface area contributed by atoms with E-state index in [1.165, 1.54) is 4.90 Å². The van der Waals surface area contributed by atoms with Crippen molar-refractivity contribution < 1.29 is 14.4 Å². The van der Waals surface area contributed by atoms with E-state index in [4.69, 9.17) is 0 Å². The molecule has 3 amide bonds. The lowest BCUT2D eigenvalue weighted by atomic mass is 9.85. The second-order valence-corrected chi connectivity index (χ2v) is 7.64. The number of aromatic nitrogens is 2. The minimum Gasteiger partial charge on any atom is -0.353 e. The molecular formula is C20H27N5O3. The number of rotatable bonds is 8. The van der Waals surface area contributed by atoms with Crippen LogP contribution in [-0.2, 0) is 14.4 Å². The maximum atomic E-state index is 12.9. The molecule has 2 aliphatic rings. The predicted octanol–water partition coefficient (Wildman–Crippen LogP) is 1.37. The first-order valence-corrected chi connectivity index (χ1v) is 9.79. The molecule has 1 saturated heterocycles. The first kappa shape index (κ1) is 20.0. The summed E-state index contributed by atoms with van der Waals surface area (Å²) in [5.74, 6) is -0.705. The summed E-state index contributed by atoms with van der Waals surface area (Å²) >= 11 is 0. The van der Waals surface area contributed by atoms with Crippen LogP contribution in [0.15, 0.2) is 30.6 Å². The van der Waals surface area contributed by atoms with Crippen molar-refractivity contribution in [1.29, 1.82) is 0 Å². The van der Waals surface area contributed by atoms with Gasteiger partial charge < -0.3 is 10.6 Å². The lowest BCUT2D eigenvalue weighted by Gasteiger charge is -2.27. The highest BCUT2D eigenvalue weighted by Gasteiger charge is 2.51. The number of nitrogens with one attached hydrogen (secondary N) is 2. The van der Waals surface area contributed by atoms with Crippen LogP contribution in [0, 0.1) is 17.8 Å². The van der Waals surface area contributed by atoms with E-state index in [2.05, 4.69) is 20.6 Å². The Hall–Kier alpha value is -2.77. The van der Waals surface area contributed by atoms with Gasteiger partial charge in [-0.2, -0.15) is 0 Å². The summed E-state index contributed by atoms with van der Waals surface area (Å²) in [6.45, 7) is 4.75. The number of allylic oxidation sites excluding steroid dienone is 2. The van der Waals surface area contributed by atoms with E-state index in [1.807, 2.05) is 26.0 Å². The number of carbonyl (C=O) groups is 3. The number of hydrogen-bond donors (Lipinski definition) is 2. The van der Waals surface area contributed by atoms with Crippen molar-refractivity contribution in [3.8, 4) is 0 Å². The van der Waals surface area contributed by atoms with Crippen molar-refractivity contribution in [1.82, 2.24) is 20.2 Å². The number of likely N-dealkylation sites (tertiary alicyclic amines) is 1. The van der Waals surface area contributed by atoms with Crippen LogP contribution < -0.4 is 10.6 Å². The summed E-state index contributed by atoms with van der Waals surface area (Å²) in [5, 5.41) is 5.85. The van der Waals surface area contributed by atoms with Gasteiger partial charge in [-0.3, -0.25) is 19.3 Å². The first-order chi connectivity index (χ1) is 13.5. The van der Waals surface area contributed by atoms with E-state index in [0.717, 1.165) is 0 Å². The van der Waals surface area contributed by atoms with Gasteiger partial charge in [0.2, 0.25) is 23.7 Å². The summed E-state index contributed by atoms with van der Waals surface area (Å²) in [4.78, 5) is 47.9. The summed E-state index contributed by atoms with van der Waals surface area (Å²) in [6, 6.07) is 0.958. The summed E-state index contributed by atoms with van der Waals surface area (Å²) < 4.78 is 0. The molecule has 3 atom stereocenters. The molecule has 8 nitrogen and oxygen atoms in total. The number of hydrogen-bond acceptors (Lipinski definition) is 6. The van der Waals surface area contributed by atoms with Gasteiger partial charge in [-0.1, -0.05) is 26.0 Å². The third kappa shape index (κ3) is 4.37. The second-order valence-electron chi connectivity index (χ2n) is 7.64. The number of imide groups is 1. The second kappa shape index (κ2) is 8.95. The Morgan fingerprint density at radius 3 is 2.29 bits per heavy atom. The van der Waals surface area contributed by atoms with Crippen LogP contribution in [0.1, 0.15) is 33.1 Å². The van der Waals surface area contributed by atoms with E-state index in [-0.39, 0.29) is 35.5 Å². The molecule has 1 aliphatic heterocycles. The molecule has 1 aromatic heterocycles. The van der Waals surface area contributed by atoms with Gasteiger partial charge in [-0.25, -0.2) is 9.97 Å². The normalized spacial score (nSPS) is 22.3. The molecule has 0 bridgehead atoms. The minimum absolute atomic E-state index is 0.174. The van der Waals surface area contributed by atoms with E-state index >= 15 is 0 Å². The smallest absolute Gasteiger partial charge is 0.243 e. The predicted molar refractivity (Wildman–Crippen MR) is 104 cm³/mol. The standard InChI is InChI=1S/C20H27N5O3/c1-13(2)12-16(17(26)21-10-11-24-20-22-8-5-9-23-20)25-18(27)14-6-3-4-7-15(14)19(25)28/h3-5,8-9,13-16H,6-7,10-12H2,1-2H3,(H,21,26)(H,22,23,24). The van der Waals surface area contributed by atoms with Crippen LogP contribution in [0.25, 0.3) is 0 Å². The molecule has 28 heavy (non-hydrogen) atoms. The Balaban J connectivity index is 1.62. The van der Waals surface area contributed by atoms with Crippen LogP contribution in [0.4, 0.5) is 5.95 Å². The number of anilines is 1. The Labute approximate surface area is 164 Å². The van der Waals surface area contributed by atoms with Crippen LogP contribution in [0.3, 0.4) is 0 Å². The Morgan fingerprint density at radius 1 is 1.11 bits per heavy atom. The summed E-state index contributed by atoms with van der Waals surface area (Å²) in [6.07, 6.45) is 8.75. The van der Waals surface area contributed by atoms with Gasteiger partial charge in [0.25, 0.3) is 0 Å². The monoisotopic (exact) mass is 385 g/mol. The molecule has 1 aromatic rings. The van der Waals surface area contributed by atoms with Crippen LogP contribution in [0.5, 0.6) is 0 Å². The fourth-order valence-corrected chi connectivity index (χ4v) is 3.78. The maximum Gasteiger partial charge on any atom is 0.243 e.